The number of aryl methyl sites for hydroxylation is 2. The van der Waals surface area contributed by atoms with E-state index in [0.29, 0.717) is 5.92 Å². The second-order valence-corrected chi connectivity index (χ2v) is 6.30. The maximum Gasteiger partial charge on any atom is 0.0571 e. The van der Waals surface area contributed by atoms with E-state index in [1.165, 1.54) is 43.2 Å². The highest BCUT2D eigenvalue weighted by molar-refractivity contribution is 5.22. The van der Waals surface area contributed by atoms with E-state index in [2.05, 4.69) is 38.1 Å². The van der Waals surface area contributed by atoms with Crippen LogP contribution in [0.5, 0.6) is 0 Å². The summed E-state index contributed by atoms with van der Waals surface area (Å²) in [5.74, 6) is 1.40. The molecule has 0 amide bonds. The first-order valence-electron chi connectivity index (χ1n) is 7.92. The van der Waals surface area contributed by atoms with Gasteiger partial charge in [-0.15, -0.1) is 0 Å². The van der Waals surface area contributed by atoms with Gasteiger partial charge in [-0.05, 0) is 50.0 Å². The van der Waals surface area contributed by atoms with Crippen molar-refractivity contribution in [1.82, 2.24) is 0 Å². The normalized spacial score (nSPS) is 25.2. The zero-order valence-electron chi connectivity index (χ0n) is 12.4. The third-order valence-corrected chi connectivity index (χ3v) is 4.76. The molecule has 0 aromatic heterocycles. The fraction of sp³-hybridized carbons (Fsp3) is 0.667. The molecule has 1 heteroatoms. The van der Waals surface area contributed by atoms with Gasteiger partial charge in [0.1, 0.15) is 0 Å². The van der Waals surface area contributed by atoms with Crippen LogP contribution in [-0.2, 0) is 6.42 Å². The van der Waals surface area contributed by atoms with E-state index < -0.39 is 0 Å². The van der Waals surface area contributed by atoms with Crippen LogP contribution in [0.2, 0.25) is 0 Å². The largest absolute Gasteiger partial charge is 0.393 e. The minimum Gasteiger partial charge on any atom is -0.393 e. The highest BCUT2D eigenvalue weighted by atomic mass is 16.3. The molecule has 1 N–H and O–H groups in total. The first-order valence-corrected chi connectivity index (χ1v) is 7.92. The molecule has 1 nitrogen and oxygen atoms in total. The number of benzene rings is 1. The number of rotatable bonds is 5. The summed E-state index contributed by atoms with van der Waals surface area (Å²) in [6.45, 7) is 4.42. The van der Waals surface area contributed by atoms with Gasteiger partial charge in [-0.2, -0.15) is 0 Å². The zero-order valence-corrected chi connectivity index (χ0v) is 12.4. The van der Waals surface area contributed by atoms with Gasteiger partial charge in [-0.3, -0.25) is 0 Å². The maximum absolute atomic E-state index is 10.4. The molecule has 3 atom stereocenters. The second kappa shape index (κ2) is 7.09. The Labute approximate surface area is 118 Å². The Morgan fingerprint density at radius 1 is 1.32 bits per heavy atom. The van der Waals surface area contributed by atoms with Crippen LogP contribution in [0.4, 0.5) is 0 Å². The minimum atomic E-state index is -0.102. The number of hydrogen-bond acceptors (Lipinski definition) is 1. The molecule has 3 unspecified atom stereocenters. The molecule has 19 heavy (non-hydrogen) atoms. The van der Waals surface area contributed by atoms with Crippen LogP contribution in [0, 0.1) is 18.8 Å². The summed E-state index contributed by atoms with van der Waals surface area (Å²) in [6, 6.07) is 8.66. The third kappa shape index (κ3) is 4.35. The summed E-state index contributed by atoms with van der Waals surface area (Å²) in [7, 11) is 0. The van der Waals surface area contributed by atoms with E-state index in [9.17, 15) is 5.11 Å². The van der Waals surface area contributed by atoms with Crippen molar-refractivity contribution in [2.24, 2.45) is 11.8 Å². The van der Waals surface area contributed by atoms with E-state index in [-0.39, 0.29) is 6.10 Å². The topological polar surface area (TPSA) is 20.2 Å². The van der Waals surface area contributed by atoms with Crippen LogP contribution < -0.4 is 0 Å². The smallest absolute Gasteiger partial charge is 0.0571 e. The van der Waals surface area contributed by atoms with Crippen molar-refractivity contribution < 1.29 is 5.11 Å². The molecule has 1 fully saturated rings. The van der Waals surface area contributed by atoms with Gasteiger partial charge < -0.3 is 5.11 Å². The number of hydrogen-bond donors (Lipinski definition) is 1. The molecule has 1 aliphatic rings. The molecule has 0 spiro atoms. The van der Waals surface area contributed by atoms with Crippen molar-refractivity contribution in [3.63, 3.8) is 0 Å². The summed E-state index contributed by atoms with van der Waals surface area (Å²) in [5, 5.41) is 10.4. The maximum atomic E-state index is 10.4. The summed E-state index contributed by atoms with van der Waals surface area (Å²) in [6.07, 6.45) is 8.26. The highest BCUT2D eigenvalue weighted by Crippen LogP contribution is 2.34. The molecule has 0 saturated heterocycles. The molecular weight excluding hydrogens is 232 g/mol. The quantitative estimate of drug-likeness (QED) is 0.826. The molecular formula is C18H28O. The first-order chi connectivity index (χ1) is 9.19. The van der Waals surface area contributed by atoms with Crippen LogP contribution in [0.15, 0.2) is 24.3 Å². The van der Waals surface area contributed by atoms with E-state index in [1.807, 2.05) is 0 Å². The molecule has 1 aromatic rings. The Hall–Kier alpha value is -0.820. The predicted molar refractivity (Wildman–Crippen MR) is 81.2 cm³/mol. The van der Waals surface area contributed by atoms with Crippen molar-refractivity contribution in [3.8, 4) is 0 Å². The van der Waals surface area contributed by atoms with Gasteiger partial charge in [0.05, 0.1) is 6.10 Å². The van der Waals surface area contributed by atoms with Crippen molar-refractivity contribution in [1.29, 1.82) is 0 Å². The summed E-state index contributed by atoms with van der Waals surface area (Å²) >= 11 is 0. The lowest BCUT2D eigenvalue weighted by molar-refractivity contribution is 0.0618. The van der Waals surface area contributed by atoms with Gasteiger partial charge in [0, 0.05) is 0 Å². The summed E-state index contributed by atoms with van der Waals surface area (Å²) < 4.78 is 0. The standard InChI is InChI=1S/C18H28O/c1-3-15-7-5-9-17(13-15)18(19)11-10-16-8-4-6-14(2)12-16/h4,6,8,12,15,17-19H,3,5,7,9-11,13H2,1-2H3. The van der Waals surface area contributed by atoms with E-state index in [1.54, 1.807) is 0 Å². The Kier molecular flexibility index (Phi) is 5.45. The van der Waals surface area contributed by atoms with Gasteiger partial charge in [-0.25, -0.2) is 0 Å². The lowest BCUT2D eigenvalue weighted by atomic mass is 9.76. The Morgan fingerprint density at radius 2 is 2.16 bits per heavy atom. The van der Waals surface area contributed by atoms with Gasteiger partial charge in [0.15, 0.2) is 0 Å². The summed E-state index contributed by atoms with van der Waals surface area (Å²) in [4.78, 5) is 0. The minimum absolute atomic E-state index is 0.102. The Bertz CT molecular complexity index is 385. The highest BCUT2D eigenvalue weighted by Gasteiger charge is 2.26. The number of aliphatic hydroxyl groups excluding tert-OH is 1. The fourth-order valence-corrected chi connectivity index (χ4v) is 3.47. The SMILES string of the molecule is CCC1CCCC(C(O)CCc2cccc(C)c2)C1. The Balaban J connectivity index is 1.82. The molecule has 2 rings (SSSR count). The van der Waals surface area contributed by atoms with Gasteiger partial charge in [0.25, 0.3) is 0 Å². The van der Waals surface area contributed by atoms with E-state index in [0.717, 1.165) is 18.8 Å². The summed E-state index contributed by atoms with van der Waals surface area (Å²) in [5.41, 5.74) is 2.68. The van der Waals surface area contributed by atoms with Crippen LogP contribution >= 0.6 is 0 Å². The van der Waals surface area contributed by atoms with Crippen LogP contribution in [-0.4, -0.2) is 11.2 Å². The van der Waals surface area contributed by atoms with E-state index >= 15 is 0 Å². The third-order valence-electron chi connectivity index (χ3n) is 4.76. The van der Waals surface area contributed by atoms with Crippen molar-refractivity contribution >= 4 is 0 Å². The number of aliphatic hydroxyl groups is 1. The van der Waals surface area contributed by atoms with Crippen molar-refractivity contribution in [2.75, 3.05) is 0 Å². The second-order valence-electron chi connectivity index (χ2n) is 6.30. The van der Waals surface area contributed by atoms with Crippen molar-refractivity contribution in [3.05, 3.63) is 35.4 Å². The van der Waals surface area contributed by atoms with Gasteiger partial charge in [0.2, 0.25) is 0 Å². The average molecular weight is 260 g/mol. The molecule has 0 heterocycles. The first kappa shape index (κ1) is 14.6. The lowest BCUT2D eigenvalue weighted by Gasteiger charge is -2.31. The zero-order chi connectivity index (χ0) is 13.7. The van der Waals surface area contributed by atoms with Gasteiger partial charge in [-0.1, -0.05) is 56.0 Å². The average Bonchev–Trinajstić information content (AvgIpc) is 2.45. The van der Waals surface area contributed by atoms with Crippen molar-refractivity contribution in [2.45, 2.75) is 64.9 Å². The van der Waals surface area contributed by atoms with E-state index in [4.69, 9.17) is 0 Å². The van der Waals surface area contributed by atoms with Crippen LogP contribution in [0.25, 0.3) is 0 Å². The lowest BCUT2D eigenvalue weighted by Crippen LogP contribution is -2.27. The molecule has 0 radical (unpaired) electrons. The predicted octanol–water partition coefficient (Wildman–Crippen LogP) is 4.50. The molecule has 106 valence electrons. The molecule has 1 aromatic carbocycles. The van der Waals surface area contributed by atoms with Crippen LogP contribution in [0.1, 0.15) is 56.6 Å². The molecule has 0 bridgehead atoms. The monoisotopic (exact) mass is 260 g/mol. The Morgan fingerprint density at radius 3 is 2.89 bits per heavy atom. The molecule has 1 aliphatic carbocycles. The molecule has 1 saturated carbocycles. The van der Waals surface area contributed by atoms with Crippen LogP contribution in [0.3, 0.4) is 0 Å². The fourth-order valence-electron chi connectivity index (χ4n) is 3.47. The molecule has 0 aliphatic heterocycles. The van der Waals surface area contributed by atoms with Gasteiger partial charge >= 0.3 is 0 Å².